The summed E-state index contributed by atoms with van der Waals surface area (Å²) in [5.41, 5.74) is 7.19. The standard InChI is InChI=1S/C19H21N3O4S.ClH/c1-14(23)15-5-7-18(8-6-15)27(25,26)22-11-9-21(10-12-22)19(24)16-3-2-4-17(20)13-16;/h2-8,13H,9-12,20H2,1H3;1H. The van der Waals surface area contributed by atoms with Crippen molar-refractivity contribution in [2.24, 2.45) is 0 Å². The molecule has 1 aliphatic heterocycles. The van der Waals surface area contributed by atoms with Gasteiger partial charge >= 0.3 is 0 Å². The van der Waals surface area contributed by atoms with Crippen molar-refractivity contribution in [3.63, 3.8) is 0 Å². The molecule has 2 N–H and O–H groups in total. The van der Waals surface area contributed by atoms with E-state index in [1.807, 2.05) is 0 Å². The van der Waals surface area contributed by atoms with Gasteiger partial charge in [-0.15, -0.1) is 12.4 Å². The molecule has 7 nitrogen and oxygen atoms in total. The van der Waals surface area contributed by atoms with Crippen molar-refractivity contribution in [2.75, 3.05) is 31.9 Å². The van der Waals surface area contributed by atoms with Gasteiger partial charge in [0.2, 0.25) is 10.0 Å². The number of halogens is 1. The molecule has 0 bridgehead atoms. The molecule has 1 heterocycles. The fourth-order valence-corrected chi connectivity index (χ4v) is 4.42. The number of carbonyl (C=O) groups excluding carboxylic acids is 2. The molecule has 0 aliphatic carbocycles. The van der Waals surface area contributed by atoms with E-state index in [9.17, 15) is 18.0 Å². The van der Waals surface area contributed by atoms with Crippen LogP contribution in [-0.2, 0) is 10.0 Å². The predicted molar refractivity (Wildman–Crippen MR) is 109 cm³/mol. The molecule has 1 saturated heterocycles. The molecule has 0 saturated carbocycles. The van der Waals surface area contributed by atoms with Crippen molar-refractivity contribution < 1.29 is 18.0 Å². The van der Waals surface area contributed by atoms with Gasteiger partial charge in [0.05, 0.1) is 4.90 Å². The number of nitrogens with zero attached hydrogens (tertiary/aromatic N) is 2. The van der Waals surface area contributed by atoms with Crippen LogP contribution in [0.3, 0.4) is 0 Å². The number of ketones is 1. The lowest BCUT2D eigenvalue weighted by Crippen LogP contribution is -2.50. The summed E-state index contributed by atoms with van der Waals surface area (Å²) in [5, 5.41) is 0. The quantitative estimate of drug-likeness (QED) is 0.599. The van der Waals surface area contributed by atoms with Gasteiger partial charge in [-0.2, -0.15) is 4.31 Å². The number of hydrogen-bond donors (Lipinski definition) is 1. The number of benzene rings is 2. The van der Waals surface area contributed by atoms with Crippen LogP contribution in [0, 0.1) is 0 Å². The molecular formula is C19H22ClN3O4S. The highest BCUT2D eigenvalue weighted by atomic mass is 35.5. The number of anilines is 1. The second-order valence-electron chi connectivity index (χ2n) is 6.40. The highest BCUT2D eigenvalue weighted by Gasteiger charge is 2.30. The molecule has 3 rings (SSSR count). The smallest absolute Gasteiger partial charge is 0.254 e. The second-order valence-corrected chi connectivity index (χ2v) is 8.34. The largest absolute Gasteiger partial charge is 0.399 e. The molecule has 0 atom stereocenters. The van der Waals surface area contributed by atoms with Crippen molar-refractivity contribution in [1.29, 1.82) is 0 Å². The zero-order valence-corrected chi connectivity index (χ0v) is 17.0. The van der Waals surface area contributed by atoms with E-state index in [4.69, 9.17) is 5.73 Å². The summed E-state index contributed by atoms with van der Waals surface area (Å²) < 4.78 is 26.9. The van der Waals surface area contributed by atoms with Gasteiger partial charge in [0.25, 0.3) is 5.91 Å². The molecule has 9 heteroatoms. The third kappa shape index (κ3) is 4.52. The Morgan fingerprint density at radius 1 is 0.929 bits per heavy atom. The van der Waals surface area contributed by atoms with E-state index in [-0.39, 0.29) is 42.1 Å². The summed E-state index contributed by atoms with van der Waals surface area (Å²) in [4.78, 5) is 25.7. The Hall–Kier alpha value is -2.42. The topological polar surface area (TPSA) is 101 Å². The van der Waals surface area contributed by atoms with Crippen molar-refractivity contribution in [2.45, 2.75) is 11.8 Å². The molecule has 0 spiro atoms. The van der Waals surface area contributed by atoms with Crippen LogP contribution in [0.4, 0.5) is 5.69 Å². The minimum Gasteiger partial charge on any atom is -0.399 e. The molecule has 2 aromatic rings. The van der Waals surface area contributed by atoms with E-state index in [0.717, 1.165) is 0 Å². The van der Waals surface area contributed by atoms with Crippen LogP contribution in [0.5, 0.6) is 0 Å². The van der Waals surface area contributed by atoms with Crippen LogP contribution in [0.2, 0.25) is 0 Å². The lowest BCUT2D eigenvalue weighted by Gasteiger charge is -2.34. The number of rotatable bonds is 4. The van der Waals surface area contributed by atoms with Crippen LogP contribution in [0.25, 0.3) is 0 Å². The number of Topliss-reactive ketones (excluding diaryl/α,β-unsaturated/α-hetero) is 1. The van der Waals surface area contributed by atoms with Crippen LogP contribution in [-0.4, -0.2) is 55.5 Å². The molecule has 1 amide bonds. The molecule has 1 fully saturated rings. The van der Waals surface area contributed by atoms with Gasteiger partial charge in [0.15, 0.2) is 5.78 Å². The number of piperazine rings is 1. The van der Waals surface area contributed by atoms with E-state index in [1.165, 1.54) is 35.5 Å². The second kappa shape index (κ2) is 8.72. The molecule has 150 valence electrons. The summed E-state index contributed by atoms with van der Waals surface area (Å²) in [7, 11) is -3.66. The number of hydrogen-bond acceptors (Lipinski definition) is 5. The first-order valence-corrected chi connectivity index (χ1v) is 9.99. The van der Waals surface area contributed by atoms with Crippen molar-refractivity contribution in [1.82, 2.24) is 9.21 Å². The average Bonchev–Trinajstić information content (AvgIpc) is 2.67. The number of carbonyl (C=O) groups is 2. The zero-order chi connectivity index (χ0) is 19.6. The minimum atomic E-state index is -3.66. The maximum atomic E-state index is 12.8. The van der Waals surface area contributed by atoms with Crippen molar-refractivity contribution >= 4 is 39.8 Å². The normalized spacial score (nSPS) is 15.0. The first-order valence-electron chi connectivity index (χ1n) is 8.55. The maximum Gasteiger partial charge on any atom is 0.254 e. The fraction of sp³-hybridized carbons (Fsp3) is 0.263. The van der Waals surface area contributed by atoms with E-state index >= 15 is 0 Å². The van der Waals surface area contributed by atoms with Gasteiger partial charge in [-0.1, -0.05) is 18.2 Å². The van der Waals surface area contributed by atoms with Gasteiger partial charge < -0.3 is 10.6 Å². The SMILES string of the molecule is CC(=O)c1ccc(S(=O)(=O)N2CCN(C(=O)c3cccc(N)c3)CC2)cc1.Cl. The van der Waals surface area contributed by atoms with Gasteiger partial charge in [-0.3, -0.25) is 9.59 Å². The lowest BCUT2D eigenvalue weighted by atomic mass is 10.1. The Morgan fingerprint density at radius 2 is 1.54 bits per heavy atom. The molecular weight excluding hydrogens is 402 g/mol. The molecule has 28 heavy (non-hydrogen) atoms. The van der Waals surface area contributed by atoms with Crippen LogP contribution in [0.15, 0.2) is 53.4 Å². The van der Waals surface area contributed by atoms with Gasteiger partial charge in [0, 0.05) is 43.0 Å². The zero-order valence-electron chi connectivity index (χ0n) is 15.4. The molecule has 0 radical (unpaired) electrons. The Morgan fingerprint density at radius 3 is 2.07 bits per heavy atom. The molecule has 2 aromatic carbocycles. The number of nitrogens with two attached hydrogens (primary N) is 1. The summed E-state index contributed by atoms with van der Waals surface area (Å²) in [6, 6.07) is 12.6. The third-order valence-electron chi connectivity index (χ3n) is 4.56. The lowest BCUT2D eigenvalue weighted by molar-refractivity contribution is 0.0698. The summed E-state index contributed by atoms with van der Waals surface area (Å²) in [6.45, 7) is 2.46. The Bertz CT molecular complexity index is 969. The summed E-state index contributed by atoms with van der Waals surface area (Å²) in [5.74, 6) is -0.280. The number of sulfonamides is 1. The molecule has 0 unspecified atom stereocenters. The van der Waals surface area contributed by atoms with Crippen molar-refractivity contribution in [3.05, 3.63) is 59.7 Å². The van der Waals surface area contributed by atoms with E-state index in [0.29, 0.717) is 29.9 Å². The van der Waals surface area contributed by atoms with E-state index < -0.39 is 10.0 Å². The Labute approximate surface area is 170 Å². The highest BCUT2D eigenvalue weighted by Crippen LogP contribution is 2.19. The van der Waals surface area contributed by atoms with Crippen LogP contribution < -0.4 is 5.73 Å². The predicted octanol–water partition coefficient (Wildman–Crippen LogP) is 2.04. The molecule has 0 aromatic heterocycles. The summed E-state index contributed by atoms with van der Waals surface area (Å²) >= 11 is 0. The Balaban J connectivity index is 0.00000280. The van der Waals surface area contributed by atoms with Crippen LogP contribution >= 0.6 is 12.4 Å². The molecule has 1 aliphatic rings. The van der Waals surface area contributed by atoms with Gasteiger partial charge in [-0.05, 0) is 37.3 Å². The van der Waals surface area contributed by atoms with E-state index in [1.54, 1.807) is 29.2 Å². The fourth-order valence-electron chi connectivity index (χ4n) is 3.00. The first-order chi connectivity index (χ1) is 12.8. The number of nitrogen functional groups attached to an aromatic ring is 1. The van der Waals surface area contributed by atoms with Crippen molar-refractivity contribution in [3.8, 4) is 0 Å². The highest BCUT2D eigenvalue weighted by molar-refractivity contribution is 7.89. The van der Waals surface area contributed by atoms with Crippen LogP contribution in [0.1, 0.15) is 27.6 Å². The first kappa shape index (κ1) is 21.9. The number of amides is 1. The van der Waals surface area contributed by atoms with Gasteiger partial charge in [0.1, 0.15) is 0 Å². The minimum absolute atomic E-state index is 0. The Kier molecular flexibility index (Phi) is 6.82. The maximum absolute atomic E-state index is 12.8. The third-order valence-corrected chi connectivity index (χ3v) is 6.47. The monoisotopic (exact) mass is 423 g/mol. The van der Waals surface area contributed by atoms with Gasteiger partial charge in [-0.25, -0.2) is 8.42 Å². The summed E-state index contributed by atoms with van der Waals surface area (Å²) in [6.07, 6.45) is 0. The average molecular weight is 424 g/mol. The van der Waals surface area contributed by atoms with E-state index in [2.05, 4.69) is 0 Å².